The van der Waals surface area contributed by atoms with E-state index in [0.29, 0.717) is 11.9 Å². The molecule has 0 saturated heterocycles. The van der Waals surface area contributed by atoms with E-state index in [1.165, 1.54) is 11.1 Å². The first-order valence-corrected chi connectivity index (χ1v) is 6.29. The normalized spacial score (nSPS) is 17.2. The molecule has 1 aromatic carbocycles. The Hall–Kier alpha value is -2.36. The maximum absolute atomic E-state index is 5.80. The molecule has 0 saturated carbocycles. The molecule has 3 rings (SSSR count). The van der Waals surface area contributed by atoms with Crippen LogP contribution >= 0.6 is 0 Å². The number of hydrogen-bond donors (Lipinski definition) is 2. The first kappa shape index (κ1) is 11.7. The molecular formula is C15H16N4. The molecule has 4 N–H and O–H groups in total. The van der Waals surface area contributed by atoms with E-state index in [-0.39, 0.29) is 0 Å². The molecule has 1 aromatic heterocycles. The number of nitrogen functional groups attached to an aromatic ring is 2. The van der Waals surface area contributed by atoms with Crippen LogP contribution in [0.3, 0.4) is 0 Å². The molecule has 1 atom stereocenters. The summed E-state index contributed by atoms with van der Waals surface area (Å²) in [5, 5.41) is 0. The van der Waals surface area contributed by atoms with Crippen LogP contribution in [-0.2, 0) is 6.42 Å². The van der Waals surface area contributed by atoms with Crippen molar-refractivity contribution < 1.29 is 0 Å². The van der Waals surface area contributed by atoms with Crippen LogP contribution in [0, 0.1) is 6.92 Å². The van der Waals surface area contributed by atoms with E-state index in [1.807, 2.05) is 24.4 Å². The van der Waals surface area contributed by atoms with Crippen LogP contribution < -0.4 is 11.5 Å². The second kappa shape index (κ2) is 4.39. The number of fused-ring (bicyclic) bond motifs is 1. The van der Waals surface area contributed by atoms with Crippen molar-refractivity contribution in [3.63, 3.8) is 0 Å². The lowest BCUT2D eigenvalue weighted by Gasteiger charge is -2.20. The summed E-state index contributed by atoms with van der Waals surface area (Å²) in [6.07, 6.45) is 6.92. The zero-order chi connectivity index (χ0) is 13.4. The second-order valence-electron chi connectivity index (χ2n) is 4.92. The highest BCUT2D eigenvalue weighted by Crippen LogP contribution is 2.31. The number of aryl methyl sites for hydroxylation is 1. The molecule has 0 spiro atoms. The summed E-state index contributed by atoms with van der Waals surface area (Å²) in [6.45, 7) is 2.09. The maximum Gasteiger partial charge on any atom is 0.220 e. The molecule has 96 valence electrons. The Bertz CT molecular complexity index is 661. The summed E-state index contributed by atoms with van der Waals surface area (Å²) in [5.41, 5.74) is 16.8. The third-order valence-electron chi connectivity index (χ3n) is 3.54. The van der Waals surface area contributed by atoms with Crippen LogP contribution in [0.2, 0.25) is 0 Å². The van der Waals surface area contributed by atoms with E-state index in [1.54, 1.807) is 0 Å². The average Bonchev–Trinajstić information content (AvgIpc) is 2.38. The minimum Gasteiger partial charge on any atom is -0.399 e. The number of nitrogens with zero attached hydrogens (tertiary/aromatic N) is 2. The Morgan fingerprint density at radius 2 is 2.11 bits per heavy atom. The summed E-state index contributed by atoms with van der Waals surface area (Å²) in [5.74, 6) is 0.672. The van der Waals surface area contributed by atoms with Crippen molar-refractivity contribution >= 4 is 17.7 Å². The van der Waals surface area contributed by atoms with Gasteiger partial charge in [0, 0.05) is 17.8 Å². The first-order valence-electron chi connectivity index (χ1n) is 6.29. The third kappa shape index (κ3) is 2.17. The van der Waals surface area contributed by atoms with Gasteiger partial charge in [-0.05, 0) is 48.2 Å². The van der Waals surface area contributed by atoms with E-state index >= 15 is 0 Å². The Labute approximate surface area is 112 Å². The molecule has 4 nitrogen and oxygen atoms in total. The topological polar surface area (TPSA) is 77.8 Å². The highest BCUT2D eigenvalue weighted by molar-refractivity contribution is 5.57. The number of rotatable bonds is 1. The van der Waals surface area contributed by atoms with Gasteiger partial charge in [0.15, 0.2) is 0 Å². The predicted molar refractivity (Wildman–Crippen MR) is 77.5 cm³/mol. The standard InChI is InChI=1S/C15H16N4/c1-9-6-12(16)3-4-13(9)10-2-5-14-11(7-10)8-18-15(17)19-14/h2-6,8,10H,7,16H2,1H3,(H2,17,18,19). The average molecular weight is 252 g/mol. The van der Waals surface area contributed by atoms with E-state index in [0.717, 1.165) is 23.4 Å². The lowest BCUT2D eigenvalue weighted by molar-refractivity contribution is 0.806. The van der Waals surface area contributed by atoms with Crippen molar-refractivity contribution in [1.82, 2.24) is 9.97 Å². The summed E-state index contributed by atoms with van der Waals surface area (Å²) in [7, 11) is 0. The molecule has 1 aliphatic rings. The van der Waals surface area contributed by atoms with Gasteiger partial charge in [0.05, 0.1) is 5.69 Å². The number of nitrogens with two attached hydrogens (primary N) is 2. The summed E-state index contributed by atoms with van der Waals surface area (Å²) in [4.78, 5) is 8.31. The Morgan fingerprint density at radius 1 is 1.26 bits per heavy atom. The number of allylic oxidation sites excluding steroid dienone is 1. The van der Waals surface area contributed by atoms with E-state index in [9.17, 15) is 0 Å². The molecule has 0 bridgehead atoms. The van der Waals surface area contributed by atoms with Crippen molar-refractivity contribution in [2.24, 2.45) is 0 Å². The number of benzene rings is 1. The lowest BCUT2D eigenvalue weighted by Crippen LogP contribution is -2.10. The molecule has 0 fully saturated rings. The van der Waals surface area contributed by atoms with Gasteiger partial charge in [-0.2, -0.15) is 0 Å². The van der Waals surface area contributed by atoms with Crippen LogP contribution in [0.15, 0.2) is 30.5 Å². The minimum absolute atomic E-state index is 0.325. The highest BCUT2D eigenvalue weighted by atomic mass is 15.0. The number of aromatic nitrogens is 2. The quantitative estimate of drug-likeness (QED) is 0.763. The maximum atomic E-state index is 5.80. The van der Waals surface area contributed by atoms with E-state index in [2.05, 4.69) is 29.0 Å². The zero-order valence-electron chi connectivity index (χ0n) is 10.8. The Kier molecular flexibility index (Phi) is 2.71. The predicted octanol–water partition coefficient (Wildman–Crippen LogP) is 2.30. The monoisotopic (exact) mass is 252 g/mol. The van der Waals surface area contributed by atoms with Gasteiger partial charge < -0.3 is 11.5 Å². The molecule has 1 heterocycles. The van der Waals surface area contributed by atoms with Crippen LogP contribution in [0.4, 0.5) is 11.6 Å². The molecule has 4 heteroatoms. The fourth-order valence-corrected chi connectivity index (χ4v) is 2.58. The van der Waals surface area contributed by atoms with Crippen LogP contribution in [-0.4, -0.2) is 9.97 Å². The smallest absolute Gasteiger partial charge is 0.220 e. The molecule has 19 heavy (non-hydrogen) atoms. The van der Waals surface area contributed by atoms with Crippen molar-refractivity contribution in [3.8, 4) is 0 Å². The van der Waals surface area contributed by atoms with Gasteiger partial charge in [-0.15, -0.1) is 0 Å². The van der Waals surface area contributed by atoms with Crippen LogP contribution in [0.5, 0.6) is 0 Å². The Morgan fingerprint density at radius 3 is 2.89 bits per heavy atom. The van der Waals surface area contributed by atoms with E-state index < -0.39 is 0 Å². The molecule has 1 aliphatic carbocycles. The number of anilines is 2. The molecule has 0 amide bonds. The summed E-state index contributed by atoms with van der Waals surface area (Å²) >= 11 is 0. The SMILES string of the molecule is Cc1cc(N)ccc1C1C=Cc2nc(N)ncc2C1. The van der Waals surface area contributed by atoms with E-state index in [4.69, 9.17) is 11.5 Å². The van der Waals surface area contributed by atoms with Gasteiger partial charge in [-0.25, -0.2) is 9.97 Å². The van der Waals surface area contributed by atoms with Crippen LogP contribution in [0.25, 0.3) is 6.08 Å². The minimum atomic E-state index is 0.325. The fraction of sp³-hybridized carbons (Fsp3) is 0.200. The van der Waals surface area contributed by atoms with Crippen molar-refractivity contribution in [1.29, 1.82) is 0 Å². The van der Waals surface area contributed by atoms with Gasteiger partial charge in [0.25, 0.3) is 0 Å². The van der Waals surface area contributed by atoms with Crippen LogP contribution in [0.1, 0.15) is 28.3 Å². The van der Waals surface area contributed by atoms with Crippen molar-refractivity contribution in [2.75, 3.05) is 11.5 Å². The zero-order valence-corrected chi connectivity index (χ0v) is 10.8. The lowest BCUT2D eigenvalue weighted by atomic mass is 9.85. The van der Waals surface area contributed by atoms with Crippen molar-refractivity contribution in [2.45, 2.75) is 19.3 Å². The molecular weight excluding hydrogens is 236 g/mol. The fourth-order valence-electron chi connectivity index (χ4n) is 2.58. The Balaban J connectivity index is 1.96. The molecule has 0 radical (unpaired) electrons. The van der Waals surface area contributed by atoms with Gasteiger partial charge in [-0.3, -0.25) is 0 Å². The first-order chi connectivity index (χ1) is 9.13. The van der Waals surface area contributed by atoms with Crippen molar-refractivity contribution in [3.05, 3.63) is 52.9 Å². The molecule has 2 aromatic rings. The third-order valence-corrected chi connectivity index (χ3v) is 3.54. The second-order valence-corrected chi connectivity index (χ2v) is 4.92. The van der Waals surface area contributed by atoms with Gasteiger partial charge >= 0.3 is 0 Å². The highest BCUT2D eigenvalue weighted by Gasteiger charge is 2.18. The summed E-state index contributed by atoms with van der Waals surface area (Å²) < 4.78 is 0. The van der Waals surface area contributed by atoms with Gasteiger partial charge in [-0.1, -0.05) is 12.1 Å². The molecule has 1 unspecified atom stereocenters. The largest absolute Gasteiger partial charge is 0.399 e. The van der Waals surface area contributed by atoms with Gasteiger partial charge in [0.1, 0.15) is 0 Å². The van der Waals surface area contributed by atoms with Gasteiger partial charge in [0.2, 0.25) is 5.95 Å². The summed E-state index contributed by atoms with van der Waals surface area (Å²) in [6, 6.07) is 6.06. The number of hydrogen-bond acceptors (Lipinski definition) is 4. The molecule has 0 aliphatic heterocycles.